The number of carbonyl (C=O) groups is 1. The zero-order chi connectivity index (χ0) is 8.28. The minimum atomic E-state index is -0.833. The van der Waals surface area contributed by atoms with Gasteiger partial charge in [-0.05, 0) is 0 Å². The minimum Gasteiger partial charge on any atom is -0.481 e. The molecular weight excluding hydrogens is 305 g/mol. The Morgan fingerprint density at radius 3 is 0.933 bits per heavy atom. The van der Waals surface area contributed by atoms with E-state index in [1.54, 1.807) is 0 Å². The van der Waals surface area contributed by atoms with Crippen molar-refractivity contribution >= 4 is 68.0 Å². The zero-order valence-corrected chi connectivity index (χ0v) is 13.2. The van der Waals surface area contributed by atoms with Gasteiger partial charge in [0.1, 0.15) is 0 Å². The van der Waals surface area contributed by atoms with Gasteiger partial charge in [0.2, 0.25) is 0 Å². The molecule has 15 heavy (non-hydrogen) atoms. The predicted octanol–water partition coefficient (Wildman–Crippen LogP) is 5.28. The Morgan fingerprint density at radius 1 is 0.933 bits per heavy atom. The average Bonchev–Trinajstić information content (AvgIpc) is 1.71. The maximum atomic E-state index is 9.00. The minimum absolute atomic E-state index is 0. The highest BCUT2D eigenvalue weighted by atomic mass is 35.5. The van der Waals surface area contributed by atoms with Gasteiger partial charge in [0.15, 0.2) is 0 Å². The number of carboxylic acids is 1. The summed E-state index contributed by atoms with van der Waals surface area (Å²) < 4.78 is 0. The van der Waals surface area contributed by atoms with E-state index in [1.807, 2.05) is 13.8 Å². The van der Waals surface area contributed by atoms with E-state index >= 15 is 0 Å². The summed E-state index contributed by atoms with van der Waals surface area (Å²) in [5.41, 5.74) is 0. The van der Waals surface area contributed by atoms with Crippen LogP contribution in [0.5, 0.6) is 0 Å². The maximum absolute atomic E-state index is 9.00. The SMILES string of the molecule is C.CC.CC(=O)O.CCC.Cl.Cl.Cl.Cl.Cl. The Hall–Kier alpha value is 0.920. The van der Waals surface area contributed by atoms with Gasteiger partial charge in [-0.3, -0.25) is 4.79 Å². The molecular formula is C8H27Cl5O2. The van der Waals surface area contributed by atoms with Crippen molar-refractivity contribution in [3.8, 4) is 0 Å². The van der Waals surface area contributed by atoms with Gasteiger partial charge in [-0.1, -0.05) is 41.5 Å². The second-order valence-corrected chi connectivity index (χ2v) is 1.23. The van der Waals surface area contributed by atoms with Crippen molar-refractivity contribution in [3.05, 3.63) is 0 Å². The molecule has 2 nitrogen and oxygen atoms in total. The smallest absolute Gasteiger partial charge is 0.300 e. The molecule has 0 saturated carbocycles. The first-order valence-corrected chi connectivity index (χ1v) is 3.34. The van der Waals surface area contributed by atoms with Crippen LogP contribution in [-0.2, 0) is 4.79 Å². The first-order chi connectivity index (χ1) is 4.15. The van der Waals surface area contributed by atoms with E-state index in [-0.39, 0.29) is 69.5 Å². The number of rotatable bonds is 0. The van der Waals surface area contributed by atoms with Crippen molar-refractivity contribution in [3.63, 3.8) is 0 Å². The van der Waals surface area contributed by atoms with Gasteiger partial charge in [-0.15, -0.1) is 62.0 Å². The second kappa shape index (κ2) is 119. The van der Waals surface area contributed by atoms with E-state index in [0.717, 1.165) is 6.92 Å². The van der Waals surface area contributed by atoms with Crippen molar-refractivity contribution in [1.29, 1.82) is 0 Å². The van der Waals surface area contributed by atoms with Gasteiger partial charge in [0, 0.05) is 6.92 Å². The van der Waals surface area contributed by atoms with Crippen molar-refractivity contribution in [2.75, 3.05) is 0 Å². The van der Waals surface area contributed by atoms with E-state index in [1.165, 1.54) is 6.42 Å². The quantitative estimate of drug-likeness (QED) is 0.655. The standard InChI is InChI=1S/C3H8.C2H4O2.C2H6.CH4.5ClH/c1-3-2;1-2(3)4;1-2;;;;;;/h3H2,1-2H3;1H3,(H,3,4);1-2H3;1H4;5*1H. The molecule has 0 saturated heterocycles. The molecule has 0 heterocycles. The third-order valence-electron chi connectivity index (χ3n) is 0. The molecule has 0 fully saturated rings. The molecule has 106 valence electrons. The normalized spacial score (nSPS) is 3.27. The Kier molecular flexibility index (Phi) is 589. The third kappa shape index (κ3) is 2940. The van der Waals surface area contributed by atoms with Crippen LogP contribution in [0, 0.1) is 0 Å². The summed E-state index contributed by atoms with van der Waals surface area (Å²) in [5.74, 6) is -0.833. The molecule has 0 rings (SSSR count). The molecule has 7 heteroatoms. The molecule has 0 aliphatic rings. The molecule has 0 atom stereocenters. The lowest BCUT2D eigenvalue weighted by Gasteiger charge is -1.59. The molecule has 0 radical (unpaired) electrons. The van der Waals surface area contributed by atoms with E-state index in [0.29, 0.717) is 0 Å². The first kappa shape index (κ1) is 74.0. The Labute approximate surface area is 126 Å². The Bertz CT molecular complexity index is 52.3. The van der Waals surface area contributed by atoms with Crippen molar-refractivity contribution in [2.24, 2.45) is 0 Å². The second-order valence-electron chi connectivity index (χ2n) is 1.23. The van der Waals surface area contributed by atoms with Crippen LogP contribution in [0.3, 0.4) is 0 Å². The summed E-state index contributed by atoms with van der Waals surface area (Å²) in [5, 5.41) is 7.42. The van der Waals surface area contributed by atoms with Crippen LogP contribution in [0.1, 0.15) is 48.5 Å². The van der Waals surface area contributed by atoms with Gasteiger partial charge in [0.05, 0.1) is 0 Å². The molecule has 0 aromatic heterocycles. The average molecular weight is 333 g/mol. The van der Waals surface area contributed by atoms with Gasteiger partial charge < -0.3 is 5.11 Å². The lowest BCUT2D eigenvalue weighted by Crippen LogP contribution is -1.78. The summed E-state index contributed by atoms with van der Waals surface area (Å²) in [4.78, 5) is 9.00. The molecule has 0 spiro atoms. The van der Waals surface area contributed by atoms with Crippen LogP contribution < -0.4 is 0 Å². The first-order valence-electron chi connectivity index (χ1n) is 3.34. The molecule has 0 aromatic carbocycles. The van der Waals surface area contributed by atoms with Crippen LogP contribution in [0.15, 0.2) is 0 Å². The highest BCUT2D eigenvalue weighted by Crippen LogP contribution is 1.56. The van der Waals surface area contributed by atoms with Gasteiger partial charge in [-0.25, -0.2) is 0 Å². The highest BCUT2D eigenvalue weighted by Gasteiger charge is 1.65. The number of aliphatic carboxylic acids is 1. The number of halogens is 5. The zero-order valence-electron chi connectivity index (χ0n) is 9.10. The summed E-state index contributed by atoms with van der Waals surface area (Å²) in [6.45, 7) is 9.33. The molecule has 0 aliphatic carbocycles. The van der Waals surface area contributed by atoms with Crippen molar-refractivity contribution in [1.82, 2.24) is 0 Å². The highest BCUT2D eigenvalue weighted by molar-refractivity contribution is 5.86. The van der Waals surface area contributed by atoms with Crippen LogP contribution in [0.2, 0.25) is 0 Å². The van der Waals surface area contributed by atoms with Crippen molar-refractivity contribution in [2.45, 2.75) is 48.5 Å². The fourth-order valence-electron chi connectivity index (χ4n) is 0. The maximum Gasteiger partial charge on any atom is 0.300 e. The molecule has 0 unspecified atom stereocenters. The molecule has 0 aromatic rings. The fraction of sp³-hybridized carbons (Fsp3) is 0.875. The number of hydrogen-bond acceptors (Lipinski definition) is 1. The van der Waals surface area contributed by atoms with E-state index < -0.39 is 5.97 Å². The Balaban J connectivity index is -0.00000000443. The summed E-state index contributed by atoms with van der Waals surface area (Å²) in [7, 11) is 0. The van der Waals surface area contributed by atoms with Crippen LogP contribution in [0.4, 0.5) is 0 Å². The van der Waals surface area contributed by atoms with E-state index in [4.69, 9.17) is 9.90 Å². The monoisotopic (exact) mass is 330 g/mol. The van der Waals surface area contributed by atoms with Crippen LogP contribution >= 0.6 is 62.0 Å². The molecule has 0 amide bonds. The molecule has 0 aliphatic heterocycles. The fourth-order valence-corrected chi connectivity index (χ4v) is 0. The predicted molar refractivity (Wildman–Crippen MR) is 83.6 cm³/mol. The topological polar surface area (TPSA) is 37.3 Å². The van der Waals surface area contributed by atoms with Gasteiger partial charge >= 0.3 is 0 Å². The van der Waals surface area contributed by atoms with Crippen LogP contribution in [-0.4, -0.2) is 11.1 Å². The summed E-state index contributed by atoms with van der Waals surface area (Å²) in [6.07, 6.45) is 1.25. The van der Waals surface area contributed by atoms with E-state index in [9.17, 15) is 0 Å². The largest absolute Gasteiger partial charge is 0.481 e. The molecule has 1 N–H and O–H groups in total. The number of hydrogen-bond donors (Lipinski definition) is 1. The van der Waals surface area contributed by atoms with Crippen LogP contribution in [0.25, 0.3) is 0 Å². The lowest BCUT2D eigenvalue weighted by molar-refractivity contribution is -0.134. The van der Waals surface area contributed by atoms with Gasteiger partial charge in [0.25, 0.3) is 5.97 Å². The lowest BCUT2D eigenvalue weighted by atomic mass is 10.6. The summed E-state index contributed by atoms with van der Waals surface area (Å²) in [6, 6.07) is 0. The van der Waals surface area contributed by atoms with E-state index in [2.05, 4.69) is 13.8 Å². The Morgan fingerprint density at radius 2 is 0.933 bits per heavy atom. The number of carboxylic acid groups (broad SMARTS) is 1. The van der Waals surface area contributed by atoms with Crippen molar-refractivity contribution < 1.29 is 9.90 Å². The third-order valence-corrected chi connectivity index (χ3v) is 0. The summed E-state index contributed by atoms with van der Waals surface area (Å²) >= 11 is 0. The van der Waals surface area contributed by atoms with Gasteiger partial charge in [-0.2, -0.15) is 0 Å². The molecule has 0 bridgehead atoms.